The van der Waals surface area contributed by atoms with Gasteiger partial charge in [-0.2, -0.15) is 0 Å². The number of fused-ring (bicyclic) bond motifs is 3. The lowest BCUT2D eigenvalue weighted by Crippen LogP contribution is -2.38. The predicted molar refractivity (Wildman–Crippen MR) is 116 cm³/mol. The molecule has 2 aromatic rings. The Kier molecular flexibility index (Phi) is 5.04. The first kappa shape index (κ1) is 20.7. The van der Waals surface area contributed by atoms with Crippen molar-refractivity contribution in [3.05, 3.63) is 23.9 Å². The quantitative estimate of drug-likeness (QED) is 0.729. The van der Waals surface area contributed by atoms with Crippen LogP contribution in [0.4, 0.5) is 5.69 Å². The summed E-state index contributed by atoms with van der Waals surface area (Å²) in [6.07, 6.45) is 3.44. The molecule has 1 saturated heterocycles. The average molecular weight is 414 g/mol. The number of nitrogens with zero attached hydrogens (tertiary/aromatic N) is 1. The minimum atomic E-state index is -0.522. The van der Waals surface area contributed by atoms with Crippen LogP contribution in [0.2, 0.25) is 0 Å². The normalized spacial score (nSPS) is 25.3. The topological polar surface area (TPSA) is 83.7 Å². The van der Waals surface area contributed by atoms with Crippen LogP contribution in [-0.2, 0) is 9.53 Å². The first-order chi connectivity index (χ1) is 14.1. The minimum absolute atomic E-state index is 0.120. The predicted octanol–water partition coefficient (Wildman–Crippen LogP) is 3.80. The molecule has 4 rings (SSSR count). The fourth-order valence-corrected chi connectivity index (χ4v) is 5.81. The molecule has 162 valence electrons. The summed E-state index contributed by atoms with van der Waals surface area (Å²) in [5, 5.41) is 3.72. The van der Waals surface area contributed by atoms with Crippen molar-refractivity contribution >= 4 is 28.5 Å². The second kappa shape index (κ2) is 7.30. The highest BCUT2D eigenvalue weighted by molar-refractivity contribution is 6.11. The molecule has 2 fully saturated rings. The number of ether oxygens (including phenoxy) is 2. The minimum Gasteiger partial charge on any atom is -0.497 e. The first-order valence-corrected chi connectivity index (χ1v) is 10.4. The van der Waals surface area contributed by atoms with E-state index in [1.807, 2.05) is 6.07 Å². The molecular formula is C23H31N3O4. The number of hydrogen-bond acceptors (Lipinski definition) is 5. The SMILES string of the molecule is COC(=O)c1[nH]c2cc(OC)ccc2c1NC(=O)CN1CC2(C)CC1CC(C)(C)C2. The lowest BCUT2D eigenvalue weighted by Gasteiger charge is -2.39. The number of benzene rings is 1. The average Bonchev–Trinajstić information content (AvgIpc) is 3.13. The van der Waals surface area contributed by atoms with Crippen LogP contribution in [0.1, 0.15) is 50.5 Å². The molecule has 2 bridgehead atoms. The first-order valence-electron chi connectivity index (χ1n) is 10.4. The van der Waals surface area contributed by atoms with Gasteiger partial charge in [-0.3, -0.25) is 9.69 Å². The van der Waals surface area contributed by atoms with Crippen LogP contribution in [0.5, 0.6) is 5.75 Å². The van der Waals surface area contributed by atoms with Crippen LogP contribution in [-0.4, -0.2) is 55.1 Å². The smallest absolute Gasteiger partial charge is 0.356 e. The largest absolute Gasteiger partial charge is 0.497 e. The number of likely N-dealkylation sites (tertiary alicyclic amines) is 1. The third-order valence-corrected chi connectivity index (χ3v) is 6.53. The summed E-state index contributed by atoms with van der Waals surface area (Å²) in [6.45, 7) is 8.23. The highest BCUT2D eigenvalue weighted by Gasteiger charge is 2.49. The molecule has 2 heterocycles. The van der Waals surface area contributed by atoms with Gasteiger partial charge in [0.25, 0.3) is 0 Å². The molecule has 7 nitrogen and oxygen atoms in total. The zero-order valence-corrected chi connectivity index (χ0v) is 18.4. The van der Waals surface area contributed by atoms with Gasteiger partial charge in [-0.05, 0) is 42.2 Å². The van der Waals surface area contributed by atoms with E-state index in [0.29, 0.717) is 35.0 Å². The molecule has 2 N–H and O–H groups in total. The summed E-state index contributed by atoms with van der Waals surface area (Å²) in [5.74, 6) is 0.0239. The third-order valence-electron chi connectivity index (χ3n) is 6.53. The van der Waals surface area contributed by atoms with E-state index in [-0.39, 0.29) is 17.0 Å². The summed E-state index contributed by atoms with van der Waals surface area (Å²) in [7, 11) is 2.91. The van der Waals surface area contributed by atoms with Gasteiger partial charge in [0, 0.05) is 24.0 Å². The van der Waals surface area contributed by atoms with E-state index in [9.17, 15) is 9.59 Å². The molecule has 2 atom stereocenters. The molecule has 0 radical (unpaired) electrons. The Morgan fingerprint density at radius 3 is 2.70 bits per heavy atom. The lowest BCUT2D eigenvalue weighted by molar-refractivity contribution is -0.117. The summed E-state index contributed by atoms with van der Waals surface area (Å²) >= 11 is 0. The Balaban J connectivity index is 1.57. The van der Waals surface area contributed by atoms with Gasteiger partial charge in [0.05, 0.1) is 32.0 Å². The summed E-state index contributed by atoms with van der Waals surface area (Å²) in [6, 6.07) is 5.86. The van der Waals surface area contributed by atoms with E-state index >= 15 is 0 Å². The molecule has 30 heavy (non-hydrogen) atoms. The van der Waals surface area contributed by atoms with E-state index < -0.39 is 5.97 Å². The lowest BCUT2D eigenvalue weighted by atomic mass is 9.65. The fraction of sp³-hybridized carbons (Fsp3) is 0.565. The van der Waals surface area contributed by atoms with Crippen LogP contribution in [0, 0.1) is 10.8 Å². The molecule has 1 aliphatic carbocycles. The molecule has 1 aromatic heterocycles. The van der Waals surface area contributed by atoms with Crippen LogP contribution >= 0.6 is 0 Å². The number of nitrogens with one attached hydrogen (secondary N) is 2. The number of carbonyl (C=O) groups excluding carboxylic acids is 2. The van der Waals surface area contributed by atoms with Crippen molar-refractivity contribution in [1.29, 1.82) is 0 Å². The molecule has 1 saturated carbocycles. The van der Waals surface area contributed by atoms with Crippen LogP contribution in [0.25, 0.3) is 10.9 Å². The molecule has 2 unspecified atom stereocenters. The standard InChI is InChI=1S/C23H31N3O4/c1-22(2)9-14-10-23(3,12-22)13-26(14)11-18(27)25-19-16-7-6-15(29-4)8-17(16)24-20(19)21(28)30-5/h6-8,14,24H,9-13H2,1-5H3,(H,25,27). The maximum absolute atomic E-state index is 13.0. The number of anilines is 1. The Bertz CT molecular complexity index is 996. The van der Waals surface area contributed by atoms with E-state index in [2.05, 4.69) is 36.0 Å². The number of aromatic nitrogens is 1. The number of esters is 1. The number of rotatable bonds is 5. The van der Waals surface area contributed by atoms with Gasteiger partial charge in [0.2, 0.25) is 5.91 Å². The van der Waals surface area contributed by atoms with E-state index in [1.54, 1.807) is 19.2 Å². The monoisotopic (exact) mass is 413 g/mol. The maximum atomic E-state index is 13.0. The number of methoxy groups -OCH3 is 2. The second-order valence-corrected chi connectivity index (χ2v) is 9.94. The summed E-state index contributed by atoms with van der Waals surface area (Å²) in [4.78, 5) is 30.7. The van der Waals surface area contributed by atoms with Crippen molar-refractivity contribution in [3.63, 3.8) is 0 Å². The van der Waals surface area contributed by atoms with Gasteiger partial charge in [-0.25, -0.2) is 4.79 Å². The number of hydrogen-bond donors (Lipinski definition) is 2. The Hall–Kier alpha value is -2.54. The van der Waals surface area contributed by atoms with Gasteiger partial charge in [-0.15, -0.1) is 0 Å². The number of H-pyrrole nitrogens is 1. The van der Waals surface area contributed by atoms with Crippen molar-refractivity contribution < 1.29 is 19.1 Å². The van der Waals surface area contributed by atoms with E-state index in [1.165, 1.54) is 13.5 Å². The fourth-order valence-electron chi connectivity index (χ4n) is 5.81. The van der Waals surface area contributed by atoms with E-state index in [4.69, 9.17) is 9.47 Å². The number of amides is 1. The second-order valence-electron chi connectivity index (χ2n) is 9.94. The van der Waals surface area contributed by atoms with E-state index in [0.717, 1.165) is 24.8 Å². The zero-order chi connectivity index (χ0) is 21.7. The van der Waals surface area contributed by atoms with Crippen molar-refractivity contribution in [2.75, 3.05) is 32.6 Å². The summed E-state index contributed by atoms with van der Waals surface area (Å²) < 4.78 is 10.2. The molecule has 1 aromatic carbocycles. The molecular weight excluding hydrogens is 382 g/mol. The molecule has 7 heteroatoms. The van der Waals surface area contributed by atoms with Crippen molar-refractivity contribution in [2.45, 2.75) is 46.1 Å². The highest BCUT2D eigenvalue weighted by atomic mass is 16.5. The van der Waals surface area contributed by atoms with Gasteiger partial charge in [0.1, 0.15) is 11.4 Å². The zero-order valence-electron chi connectivity index (χ0n) is 18.4. The van der Waals surface area contributed by atoms with Gasteiger partial charge < -0.3 is 19.8 Å². The molecule has 2 aliphatic rings. The van der Waals surface area contributed by atoms with Crippen molar-refractivity contribution in [2.24, 2.45) is 10.8 Å². The van der Waals surface area contributed by atoms with Gasteiger partial charge in [-0.1, -0.05) is 20.8 Å². The molecule has 1 aliphatic heterocycles. The van der Waals surface area contributed by atoms with Crippen molar-refractivity contribution in [3.8, 4) is 5.75 Å². The van der Waals surface area contributed by atoms with Crippen molar-refractivity contribution in [1.82, 2.24) is 9.88 Å². The number of aromatic amines is 1. The third kappa shape index (κ3) is 3.78. The Morgan fingerprint density at radius 2 is 2.00 bits per heavy atom. The highest BCUT2D eigenvalue weighted by Crippen LogP contribution is 2.52. The van der Waals surface area contributed by atoms with Crippen LogP contribution < -0.4 is 10.1 Å². The maximum Gasteiger partial charge on any atom is 0.356 e. The Labute approximate surface area is 177 Å². The summed E-state index contributed by atoms with van der Waals surface area (Å²) in [5.41, 5.74) is 1.97. The molecule has 1 amide bonds. The number of carbonyl (C=O) groups is 2. The van der Waals surface area contributed by atoms with Crippen LogP contribution in [0.3, 0.4) is 0 Å². The van der Waals surface area contributed by atoms with Gasteiger partial charge in [0.15, 0.2) is 0 Å². The van der Waals surface area contributed by atoms with Gasteiger partial charge >= 0.3 is 5.97 Å². The molecule has 0 spiro atoms. The Morgan fingerprint density at radius 1 is 1.23 bits per heavy atom. The van der Waals surface area contributed by atoms with Crippen LogP contribution in [0.15, 0.2) is 18.2 Å².